The third-order valence-electron chi connectivity index (χ3n) is 3.79. The number of aryl methyl sites for hydroxylation is 2. The SMILES string of the molecule is Cc1cc(C)c(C(=N)N)c(N2CCc3ccc(F)cc32)n1. The van der Waals surface area contributed by atoms with Gasteiger partial charge in [-0.3, -0.25) is 5.41 Å². The maximum absolute atomic E-state index is 13.6. The lowest BCUT2D eigenvalue weighted by atomic mass is 10.1. The maximum Gasteiger partial charge on any atom is 0.144 e. The zero-order valence-corrected chi connectivity index (χ0v) is 12.1. The topological polar surface area (TPSA) is 66.0 Å². The monoisotopic (exact) mass is 284 g/mol. The molecule has 0 saturated heterocycles. The minimum atomic E-state index is -0.269. The largest absolute Gasteiger partial charge is 0.384 e. The van der Waals surface area contributed by atoms with Gasteiger partial charge in [0.1, 0.15) is 17.5 Å². The fraction of sp³-hybridized carbons (Fsp3) is 0.250. The summed E-state index contributed by atoms with van der Waals surface area (Å²) in [7, 11) is 0. The second-order valence-electron chi connectivity index (χ2n) is 5.37. The number of aromatic nitrogens is 1. The summed E-state index contributed by atoms with van der Waals surface area (Å²) in [6.07, 6.45) is 0.835. The van der Waals surface area contributed by atoms with Crippen molar-refractivity contribution in [2.45, 2.75) is 20.3 Å². The highest BCUT2D eigenvalue weighted by Gasteiger charge is 2.25. The predicted octanol–water partition coefficient (Wildman–Crippen LogP) is 2.82. The number of benzene rings is 1. The highest BCUT2D eigenvalue weighted by molar-refractivity contribution is 6.02. The van der Waals surface area contributed by atoms with Crippen LogP contribution in [0.5, 0.6) is 0 Å². The third-order valence-corrected chi connectivity index (χ3v) is 3.79. The number of pyridine rings is 1. The van der Waals surface area contributed by atoms with E-state index in [1.807, 2.05) is 24.8 Å². The van der Waals surface area contributed by atoms with Crippen molar-refractivity contribution in [1.29, 1.82) is 5.41 Å². The number of nitrogens with two attached hydrogens (primary N) is 1. The number of rotatable bonds is 2. The van der Waals surface area contributed by atoms with Crippen LogP contribution in [0.15, 0.2) is 24.3 Å². The molecule has 0 bridgehead atoms. The number of hydrogen-bond acceptors (Lipinski definition) is 3. The number of nitrogens with one attached hydrogen (secondary N) is 1. The summed E-state index contributed by atoms with van der Waals surface area (Å²) < 4.78 is 13.6. The first-order chi connectivity index (χ1) is 9.97. The molecule has 3 rings (SSSR count). The minimum absolute atomic E-state index is 0.0140. The van der Waals surface area contributed by atoms with Crippen molar-refractivity contribution in [3.8, 4) is 0 Å². The van der Waals surface area contributed by atoms with Gasteiger partial charge in [-0.2, -0.15) is 0 Å². The molecule has 2 aromatic rings. The molecule has 0 atom stereocenters. The lowest BCUT2D eigenvalue weighted by molar-refractivity contribution is 0.628. The van der Waals surface area contributed by atoms with Crippen LogP contribution in [0.2, 0.25) is 0 Å². The molecule has 0 saturated carbocycles. The molecule has 1 aliphatic rings. The van der Waals surface area contributed by atoms with Gasteiger partial charge in [0, 0.05) is 17.9 Å². The van der Waals surface area contributed by atoms with Crippen LogP contribution in [0, 0.1) is 25.1 Å². The van der Waals surface area contributed by atoms with Gasteiger partial charge in [0.15, 0.2) is 0 Å². The average Bonchev–Trinajstić information content (AvgIpc) is 2.79. The lowest BCUT2D eigenvalue weighted by Gasteiger charge is -2.23. The van der Waals surface area contributed by atoms with E-state index in [9.17, 15) is 4.39 Å². The first kappa shape index (κ1) is 13.5. The Hall–Kier alpha value is -2.43. The average molecular weight is 284 g/mol. The van der Waals surface area contributed by atoms with Gasteiger partial charge in [-0.15, -0.1) is 0 Å². The molecular weight excluding hydrogens is 267 g/mol. The quantitative estimate of drug-likeness (QED) is 0.658. The van der Waals surface area contributed by atoms with E-state index in [1.54, 1.807) is 6.07 Å². The van der Waals surface area contributed by atoms with E-state index in [2.05, 4.69) is 4.98 Å². The highest BCUT2D eigenvalue weighted by Crippen LogP contribution is 2.36. The summed E-state index contributed by atoms with van der Waals surface area (Å²) in [4.78, 5) is 6.50. The molecule has 0 unspecified atom stereocenters. The molecule has 0 amide bonds. The van der Waals surface area contributed by atoms with Gasteiger partial charge in [-0.1, -0.05) is 6.07 Å². The first-order valence-corrected chi connectivity index (χ1v) is 6.86. The van der Waals surface area contributed by atoms with Gasteiger partial charge in [-0.25, -0.2) is 9.37 Å². The molecule has 4 nitrogen and oxygen atoms in total. The van der Waals surface area contributed by atoms with E-state index in [4.69, 9.17) is 11.1 Å². The van der Waals surface area contributed by atoms with Gasteiger partial charge in [0.2, 0.25) is 0 Å². The second-order valence-corrected chi connectivity index (χ2v) is 5.37. The van der Waals surface area contributed by atoms with Crippen LogP contribution in [-0.4, -0.2) is 17.4 Å². The Balaban J connectivity index is 2.19. The number of amidine groups is 1. The Bertz CT molecular complexity index is 739. The van der Waals surface area contributed by atoms with E-state index < -0.39 is 0 Å². The smallest absolute Gasteiger partial charge is 0.144 e. The Labute approximate surface area is 122 Å². The van der Waals surface area contributed by atoms with Crippen LogP contribution >= 0.6 is 0 Å². The van der Waals surface area contributed by atoms with Crippen LogP contribution in [0.3, 0.4) is 0 Å². The Morgan fingerprint density at radius 2 is 2.10 bits per heavy atom. The van der Waals surface area contributed by atoms with Crippen molar-refractivity contribution < 1.29 is 4.39 Å². The molecule has 0 fully saturated rings. The van der Waals surface area contributed by atoms with Crippen molar-refractivity contribution in [1.82, 2.24) is 4.98 Å². The maximum atomic E-state index is 13.6. The molecule has 108 valence electrons. The van der Waals surface area contributed by atoms with Crippen molar-refractivity contribution in [3.05, 3.63) is 52.5 Å². The third kappa shape index (κ3) is 2.24. The summed E-state index contributed by atoms with van der Waals surface area (Å²) in [5.41, 5.74) is 10.0. The van der Waals surface area contributed by atoms with Gasteiger partial charge >= 0.3 is 0 Å². The Morgan fingerprint density at radius 3 is 2.81 bits per heavy atom. The van der Waals surface area contributed by atoms with E-state index in [0.29, 0.717) is 11.4 Å². The van der Waals surface area contributed by atoms with Crippen molar-refractivity contribution in [2.75, 3.05) is 11.4 Å². The number of halogens is 1. The minimum Gasteiger partial charge on any atom is -0.384 e. The summed E-state index contributed by atoms with van der Waals surface area (Å²) in [6.45, 7) is 4.54. The molecule has 0 aliphatic carbocycles. The van der Waals surface area contributed by atoms with E-state index >= 15 is 0 Å². The fourth-order valence-corrected chi connectivity index (χ4v) is 2.92. The van der Waals surface area contributed by atoms with E-state index in [0.717, 1.165) is 35.5 Å². The zero-order valence-electron chi connectivity index (χ0n) is 12.1. The molecule has 0 spiro atoms. The second kappa shape index (κ2) is 4.84. The van der Waals surface area contributed by atoms with Crippen molar-refractivity contribution in [2.24, 2.45) is 5.73 Å². The molecule has 0 radical (unpaired) electrons. The molecule has 1 aromatic heterocycles. The van der Waals surface area contributed by atoms with E-state index in [-0.39, 0.29) is 11.7 Å². The zero-order chi connectivity index (χ0) is 15.1. The Kier molecular flexibility index (Phi) is 3.12. The standard InChI is InChI=1S/C16H17FN4/c1-9-7-10(2)20-16(14(9)15(18)19)21-6-5-11-3-4-12(17)8-13(11)21/h3-4,7-8H,5-6H2,1-2H3,(H3,18,19). The highest BCUT2D eigenvalue weighted by atomic mass is 19.1. The molecule has 1 aromatic carbocycles. The summed E-state index contributed by atoms with van der Waals surface area (Å²) in [5, 5.41) is 7.81. The lowest BCUT2D eigenvalue weighted by Crippen LogP contribution is -2.23. The fourth-order valence-electron chi connectivity index (χ4n) is 2.92. The number of nitrogens with zero attached hydrogens (tertiary/aromatic N) is 2. The van der Waals surface area contributed by atoms with Crippen LogP contribution in [0.25, 0.3) is 0 Å². The summed E-state index contributed by atoms with van der Waals surface area (Å²) in [6, 6.07) is 6.71. The number of hydrogen-bond donors (Lipinski definition) is 2. The normalized spacial score (nSPS) is 13.4. The number of anilines is 2. The van der Waals surface area contributed by atoms with Crippen LogP contribution < -0.4 is 10.6 Å². The number of nitrogen functional groups attached to an aromatic ring is 1. The molecule has 5 heteroatoms. The summed E-state index contributed by atoms with van der Waals surface area (Å²) in [5.74, 6) is 0.360. The predicted molar refractivity (Wildman–Crippen MR) is 81.8 cm³/mol. The van der Waals surface area contributed by atoms with Crippen LogP contribution in [-0.2, 0) is 6.42 Å². The molecule has 3 N–H and O–H groups in total. The number of fused-ring (bicyclic) bond motifs is 1. The van der Waals surface area contributed by atoms with Gasteiger partial charge in [0.25, 0.3) is 0 Å². The van der Waals surface area contributed by atoms with Crippen LogP contribution in [0.4, 0.5) is 15.9 Å². The van der Waals surface area contributed by atoms with Gasteiger partial charge < -0.3 is 10.6 Å². The van der Waals surface area contributed by atoms with Crippen molar-refractivity contribution in [3.63, 3.8) is 0 Å². The molecule has 1 aliphatic heterocycles. The first-order valence-electron chi connectivity index (χ1n) is 6.86. The summed E-state index contributed by atoms with van der Waals surface area (Å²) >= 11 is 0. The van der Waals surface area contributed by atoms with Gasteiger partial charge in [0.05, 0.1) is 5.56 Å². The van der Waals surface area contributed by atoms with E-state index in [1.165, 1.54) is 12.1 Å². The van der Waals surface area contributed by atoms with Crippen LogP contribution in [0.1, 0.15) is 22.4 Å². The van der Waals surface area contributed by atoms with Gasteiger partial charge in [-0.05, 0) is 49.6 Å². The molecule has 2 heterocycles. The molecule has 21 heavy (non-hydrogen) atoms. The van der Waals surface area contributed by atoms with Crippen molar-refractivity contribution >= 4 is 17.3 Å². The Morgan fingerprint density at radius 1 is 1.33 bits per heavy atom. The molecular formula is C16H17FN4.